The predicted octanol–water partition coefficient (Wildman–Crippen LogP) is 3.27. The topological polar surface area (TPSA) is 74.6 Å². The average Bonchev–Trinajstić information content (AvgIpc) is 2.28. The van der Waals surface area contributed by atoms with Crippen molar-refractivity contribution < 1.29 is 19.4 Å². The smallest absolute Gasteiger partial charge is 0.303 e. The Morgan fingerprint density at radius 1 is 1.32 bits per heavy atom. The molecule has 1 aromatic carbocycles. The highest BCUT2D eigenvalue weighted by molar-refractivity contribution is 7.57. The van der Waals surface area contributed by atoms with Crippen molar-refractivity contribution in [1.82, 2.24) is 0 Å². The Morgan fingerprint density at radius 3 is 2.42 bits per heavy atom. The first-order chi connectivity index (χ1) is 8.78. The van der Waals surface area contributed by atoms with Crippen LogP contribution in [-0.2, 0) is 15.5 Å². The van der Waals surface area contributed by atoms with Crippen LogP contribution in [0.5, 0.6) is 0 Å². The normalized spacial score (nSPS) is 15.7. The van der Waals surface area contributed by atoms with E-state index in [9.17, 15) is 14.3 Å². The molecule has 5 heteroatoms. The molecule has 0 spiro atoms. The molecule has 19 heavy (non-hydrogen) atoms. The van der Waals surface area contributed by atoms with Crippen molar-refractivity contribution >= 4 is 13.3 Å². The molecule has 0 heterocycles. The predicted molar refractivity (Wildman–Crippen MR) is 75.6 cm³/mol. The van der Waals surface area contributed by atoms with Gasteiger partial charge in [-0.15, -0.1) is 0 Å². The van der Waals surface area contributed by atoms with E-state index in [-0.39, 0.29) is 24.7 Å². The number of hydrogen-bond donors (Lipinski definition) is 2. The van der Waals surface area contributed by atoms with E-state index in [1.54, 1.807) is 0 Å². The summed E-state index contributed by atoms with van der Waals surface area (Å²) >= 11 is 0. The van der Waals surface area contributed by atoms with E-state index < -0.39 is 13.3 Å². The van der Waals surface area contributed by atoms with E-state index in [1.807, 2.05) is 38.1 Å². The number of carboxylic acids is 1. The summed E-state index contributed by atoms with van der Waals surface area (Å²) in [6.07, 6.45) is 0.818. The summed E-state index contributed by atoms with van der Waals surface area (Å²) < 4.78 is 12.1. The zero-order chi connectivity index (χ0) is 14.5. The molecule has 0 fully saturated rings. The van der Waals surface area contributed by atoms with Gasteiger partial charge in [0.2, 0.25) is 7.37 Å². The van der Waals surface area contributed by atoms with Crippen molar-refractivity contribution in [3.63, 3.8) is 0 Å². The minimum absolute atomic E-state index is 0.0473. The largest absolute Gasteiger partial charge is 0.481 e. The van der Waals surface area contributed by atoms with E-state index in [2.05, 4.69) is 0 Å². The third-order valence-corrected chi connectivity index (χ3v) is 5.05. The molecule has 1 aromatic rings. The molecule has 0 radical (unpaired) electrons. The molecule has 0 aromatic heterocycles. The molecule has 2 atom stereocenters. The maximum absolute atomic E-state index is 12.1. The van der Waals surface area contributed by atoms with Gasteiger partial charge in [-0.25, -0.2) is 0 Å². The summed E-state index contributed by atoms with van der Waals surface area (Å²) in [5.41, 5.74) is 1.97. The minimum Gasteiger partial charge on any atom is -0.481 e. The van der Waals surface area contributed by atoms with Gasteiger partial charge in [0.15, 0.2) is 0 Å². The van der Waals surface area contributed by atoms with Crippen LogP contribution >= 0.6 is 7.37 Å². The molecule has 0 amide bonds. The van der Waals surface area contributed by atoms with Crippen LogP contribution in [0.2, 0.25) is 0 Å². The lowest BCUT2D eigenvalue weighted by Crippen LogP contribution is -2.07. The van der Waals surface area contributed by atoms with Crippen LogP contribution in [0.1, 0.15) is 30.9 Å². The molecule has 0 bridgehead atoms. The molecule has 2 unspecified atom stereocenters. The minimum atomic E-state index is -3.24. The molecule has 0 saturated heterocycles. The first-order valence-corrected chi connectivity index (χ1v) is 8.40. The standard InChI is InChI=1S/C14H21O4P/c1-11-3-6-13(7-4-11)10-19(17,18)9-12(2)5-8-14(15)16/h3-4,6-7,12H,5,8-10H2,1-2H3,(H,15,16)(H,17,18). The third kappa shape index (κ3) is 6.55. The van der Waals surface area contributed by atoms with Crippen LogP contribution in [0.3, 0.4) is 0 Å². The molecule has 0 aliphatic rings. The monoisotopic (exact) mass is 284 g/mol. The van der Waals surface area contributed by atoms with Crippen molar-refractivity contribution in [3.05, 3.63) is 35.4 Å². The second-order valence-electron chi connectivity index (χ2n) is 5.21. The van der Waals surface area contributed by atoms with Gasteiger partial charge >= 0.3 is 5.97 Å². The van der Waals surface area contributed by atoms with E-state index in [1.165, 1.54) is 0 Å². The molecule has 4 nitrogen and oxygen atoms in total. The van der Waals surface area contributed by atoms with Gasteiger partial charge in [0, 0.05) is 18.7 Å². The summed E-state index contributed by atoms with van der Waals surface area (Å²) in [5.74, 6) is -0.921. The van der Waals surface area contributed by atoms with Gasteiger partial charge in [-0.05, 0) is 24.8 Å². The second-order valence-corrected chi connectivity index (χ2v) is 7.58. The number of carboxylic acid groups (broad SMARTS) is 1. The third-order valence-electron chi connectivity index (χ3n) is 3.00. The molecule has 0 aliphatic carbocycles. The maximum atomic E-state index is 12.1. The summed E-state index contributed by atoms with van der Waals surface area (Å²) in [5, 5.41) is 8.59. The summed E-state index contributed by atoms with van der Waals surface area (Å²) in [4.78, 5) is 20.4. The maximum Gasteiger partial charge on any atom is 0.303 e. The number of aliphatic carboxylic acids is 1. The Bertz CT molecular complexity index is 467. The van der Waals surface area contributed by atoms with Gasteiger partial charge in [-0.2, -0.15) is 0 Å². The van der Waals surface area contributed by atoms with Gasteiger partial charge < -0.3 is 10.00 Å². The van der Waals surface area contributed by atoms with Crippen molar-refractivity contribution in [2.75, 3.05) is 6.16 Å². The lowest BCUT2D eigenvalue weighted by molar-refractivity contribution is -0.137. The molecular weight excluding hydrogens is 263 g/mol. The van der Waals surface area contributed by atoms with Crippen molar-refractivity contribution in [2.24, 2.45) is 5.92 Å². The Balaban J connectivity index is 2.53. The number of hydrogen-bond acceptors (Lipinski definition) is 2. The lowest BCUT2D eigenvalue weighted by atomic mass is 10.1. The van der Waals surface area contributed by atoms with Crippen LogP contribution in [0.15, 0.2) is 24.3 Å². The highest BCUT2D eigenvalue weighted by atomic mass is 31.2. The fourth-order valence-electron chi connectivity index (χ4n) is 1.99. The van der Waals surface area contributed by atoms with E-state index >= 15 is 0 Å². The van der Waals surface area contributed by atoms with Crippen LogP contribution in [0.25, 0.3) is 0 Å². The first-order valence-electron chi connectivity index (χ1n) is 6.37. The number of carbonyl (C=O) groups is 1. The fourth-order valence-corrected chi connectivity index (χ4v) is 4.06. The van der Waals surface area contributed by atoms with E-state index in [4.69, 9.17) is 5.11 Å². The zero-order valence-corrected chi connectivity index (χ0v) is 12.3. The highest BCUT2D eigenvalue weighted by Gasteiger charge is 2.22. The van der Waals surface area contributed by atoms with Gasteiger partial charge in [-0.1, -0.05) is 36.8 Å². The Labute approximate surface area is 113 Å². The van der Waals surface area contributed by atoms with Gasteiger partial charge in [0.1, 0.15) is 0 Å². The van der Waals surface area contributed by atoms with Gasteiger partial charge in [0.25, 0.3) is 0 Å². The number of aryl methyl sites for hydroxylation is 1. The SMILES string of the molecule is Cc1ccc(CP(=O)(O)CC(C)CCC(=O)O)cc1. The Hall–Kier alpha value is -1.12. The highest BCUT2D eigenvalue weighted by Crippen LogP contribution is 2.46. The molecule has 106 valence electrons. The Morgan fingerprint density at radius 2 is 1.89 bits per heavy atom. The van der Waals surface area contributed by atoms with Gasteiger partial charge in [0.05, 0.1) is 0 Å². The Kier molecular flexibility index (Phi) is 5.77. The van der Waals surface area contributed by atoms with E-state index in [0.717, 1.165) is 11.1 Å². The average molecular weight is 284 g/mol. The summed E-state index contributed by atoms with van der Waals surface area (Å²) in [6.45, 7) is 3.79. The first kappa shape index (κ1) is 15.9. The lowest BCUT2D eigenvalue weighted by Gasteiger charge is -2.16. The van der Waals surface area contributed by atoms with Crippen molar-refractivity contribution in [1.29, 1.82) is 0 Å². The van der Waals surface area contributed by atoms with Crippen LogP contribution < -0.4 is 0 Å². The van der Waals surface area contributed by atoms with Gasteiger partial charge in [-0.3, -0.25) is 9.36 Å². The van der Waals surface area contributed by atoms with Crippen molar-refractivity contribution in [3.8, 4) is 0 Å². The number of rotatable bonds is 7. The van der Waals surface area contributed by atoms with E-state index in [0.29, 0.717) is 6.42 Å². The molecule has 0 saturated carbocycles. The summed E-state index contributed by atoms with van der Waals surface area (Å²) in [7, 11) is -3.24. The van der Waals surface area contributed by atoms with Crippen LogP contribution in [0.4, 0.5) is 0 Å². The second kappa shape index (κ2) is 6.88. The van der Waals surface area contributed by atoms with Crippen LogP contribution in [0, 0.1) is 12.8 Å². The molecule has 1 rings (SSSR count). The van der Waals surface area contributed by atoms with Crippen LogP contribution in [-0.4, -0.2) is 22.1 Å². The van der Waals surface area contributed by atoms with Crippen molar-refractivity contribution in [2.45, 2.75) is 32.9 Å². The molecule has 2 N–H and O–H groups in total. The molecular formula is C14H21O4P. The fraction of sp³-hybridized carbons (Fsp3) is 0.500. The molecule has 0 aliphatic heterocycles. The summed E-state index contributed by atoms with van der Waals surface area (Å²) in [6, 6.07) is 7.56. The number of benzene rings is 1. The quantitative estimate of drug-likeness (QED) is 0.753. The zero-order valence-electron chi connectivity index (χ0n) is 11.4.